The maximum absolute atomic E-state index is 13.7. The van der Waals surface area contributed by atoms with Gasteiger partial charge in [0, 0.05) is 23.5 Å². The molecular formula is C28H33BrN2O3S. The Morgan fingerprint density at radius 3 is 2.54 bits per heavy atom. The average Bonchev–Trinajstić information content (AvgIpc) is 3.45. The van der Waals surface area contributed by atoms with Crippen molar-refractivity contribution in [1.29, 1.82) is 0 Å². The summed E-state index contributed by atoms with van der Waals surface area (Å²) in [6, 6.07) is 12.8. The van der Waals surface area contributed by atoms with E-state index in [1.54, 1.807) is 0 Å². The standard InChI is InChI=1S/C28H33BrN2O3S/c1-3-34-28(33)24-23-20(17-30-14-8-9-15-30)26(32)21(29)16-22(23)31(19-12-13-19)25(24)27(35-4-2)18-10-6-5-7-11-18/h5-7,10-11,16,19,27,32H,3-4,8-9,12-15,17H2,1-2H3. The molecule has 1 aliphatic heterocycles. The van der Waals surface area contributed by atoms with Crippen molar-refractivity contribution in [2.75, 3.05) is 25.4 Å². The molecule has 2 heterocycles. The number of hydrogen-bond donors (Lipinski definition) is 1. The van der Waals surface area contributed by atoms with Gasteiger partial charge < -0.3 is 14.4 Å². The molecule has 1 saturated heterocycles. The monoisotopic (exact) mass is 556 g/mol. The second-order valence-electron chi connectivity index (χ2n) is 9.39. The highest BCUT2D eigenvalue weighted by Gasteiger charge is 2.38. The van der Waals surface area contributed by atoms with Gasteiger partial charge in [0.05, 0.1) is 33.1 Å². The maximum atomic E-state index is 13.7. The van der Waals surface area contributed by atoms with Gasteiger partial charge in [-0.05, 0) is 79.0 Å². The Morgan fingerprint density at radius 2 is 1.91 bits per heavy atom. The third-order valence-corrected chi connectivity index (χ3v) is 8.78. The quantitative estimate of drug-likeness (QED) is 0.286. The number of esters is 1. The number of aromatic hydroxyl groups is 1. The predicted molar refractivity (Wildman–Crippen MR) is 146 cm³/mol. The van der Waals surface area contributed by atoms with Crippen LogP contribution in [-0.2, 0) is 11.3 Å². The fourth-order valence-corrected chi connectivity index (χ4v) is 6.89. The maximum Gasteiger partial charge on any atom is 0.340 e. The number of fused-ring (bicyclic) bond motifs is 1. The minimum atomic E-state index is -0.297. The topological polar surface area (TPSA) is 54.7 Å². The van der Waals surface area contributed by atoms with Crippen molar-refractivity contribution in [3.05, 3.63) is 63.3 Å². The Labute approximate surface area is 220 Å². The van der Waals surface area contributed by atoms with Gasteiger partial charge in [-0.2, -0.15) is 0 Å². The lowest BCUT2D eigenvalue weighted by Crippen LogP contribution is -2.19. The number of carbonyl (C=O) groups excluding carboxylic acids is 1. The number of phenolic OH excluding ortho intramolecular Hbond substituents is 1. The van der Waals surface area contributed by atoms with Gasteiger partial charge in [-0.15, -0.1) is 11.8 Å². The number of carbonyl (C=O) groups is 1. The molecule has 1 aromatic heterocycles. The van der Waals surface area contributed by atoms with E-state index in [1.807, 2.05) is 30.8 Å². The zero-order valence-corrected chi connectivity index (χ0v) is 22.8. The van der Waals surface area contributed by atoms with Crippen LogP contribution in [0.2, 0.25) is 0 Å². The van der Waals surface area contributed by atoms with Crippen molar-refractivity contribution in [3.63, 3.8) is 0 Å². The van der Waals surface area contributed by atoms with Crippen molar-refractivity contribution in [1.82, 2.24) is 9.47 Å². The normalized spacial score (nSPS) is 17.2. The van der Waals surface area contributed by atoms with Crippen molar-refractivity contribution >= 4 is 44.6 Å². The van der Waals surface area contributed by atoms with Crippen LogP contribution >= 0.6 is 27.7 Å². The molecule has 35 heavy (non-hydrogen) atoms. The first-order chi connectivity index (χ1) is 17.0. The molecule has 1 atom stereocenters. The number of aromatic nitrogens is 1. The lowest BCUT2D eigenvalue weighted by molar-refractivity contribution is 0.0527. The molecule has 1 aliphatic carbocycles. The summed E-state index contributed by atoms with van der Waals surface area (Å²) in [5, 5.41) is 12.1. The second-order valence-corrected chi connectivity index (χ2v) is 11.6. The van der Waals surface area contributed by atoms with Crippen molar-refractivity contribution in [3.8, 4) is 5.75 Å². The highest BCUT2D eigenvalue weighted by atomic mass is 79.9. The first kappa shape index (κ1) is 24.7. The van der Waals surface area contributed by atoms with E-state index in [1.165, 1.54) is 18.4 Å². The average molecular weight is 558 g/mol. The van der Waals surface area contributed by atoms with Crippen molar-refractivity contribution in [2.24, 2.45) is 0 Å². The van der Waals surface area contributed by atoms with E-state index in [2.05, 4.69) is 56.6 Å². The fraction of sp³-hybridized carbons (Fsp3) is 0.464. The first-order valence-electron chi connectivity index (χ1n) is 12.7. The molecule has 0 bridgehead atoms. The summed E-state index contributed by atoms with van der Waals surface area (Å²) in [5.41, 5.74) is 4.66. The molecule has 7 heteroatoms. The number of ether oxygens (including phenoxy) is 1. The molecule has 186 valence electrons. The Kier molecular flexibility index (Phi) is 7.47. The second kappa shape index (κ2) is 10.6. The minimum absolute atomic E-state index is 0.00541. The molecule has 2 aromatic carbocycles. The van der Waals surface area contributed by atoms with Crippen LogP contribution in [0.25, 0.3) is 10.9 Å². The van der Waals surface area contributed by atoms with Crippen LogP contribution in [-0.4, -0.2) is 46.0 Å². The number of hydrogen-bond acceptors (Lipinski definition) is 5. The molecule has 1 N–H and O–H groups in total. The summed E-state index contributed by atoms with van der Waals surface area (Å²) in [7, 11) is 0. The molecular weight excluding hydrogens is 524 g/mol. The summed E-state index contributed by atoms with van der Waals surface area (Å²) >= 11 is 5.47. The van der Waals surface area contributed by atoms with E-state index < -0.39 is 0 Å². The summed E-state index contributed by atoms with van der Waals surface area (Å²) < 4.78 is 8.75. The lowest BCUT2D eigenvalue weighted by atomic mass is 10.00. The largest absolute Gasteiger partial charge is 0.506 e. The number of rotatable bonds is 9. The van der Waals surface area contributed by atoms with Crippen LogP contribution in [0.1, 0.15) is 78.0 Å². The molecule has 0 radical (unpaired) electrons. The number of benzene rings is 2. The van der Waals surface area contributed by atoms with Crippen LogP contribution in [0, 0.1) is 0 Å². The molecule has 0 spiro atoms. The lowest BCUT2D eigenvalue weighted by Gasteiger charge is -2.21. The Hall–Kier alpha value is -1.96. The molecule has 3 aromatic rings. The number of phenols is 1. The van der Waals surface area contributed by atoms with Gasteiger partial charge in [-0.1, -0.05) is 37.3 Å². The van der Waals surface area contributed by atoms with Crippen LogP contribution in [0.3, 0.4) is 0 Å². The summed E-state index contributed by atoms with van der Waals surface area (Å²) in [5.74, 6) is 0.853. The van der Waals surface area contributed by atoms with E-state index in [9.17, 15) is 9.90 Å². The van der Waals surface area contributed by atoms with Crippen LogP contribution in [0.15, 0.2) is 40.9 Å². The van der Waals surface area contributed by atoms with E-state index in [0.717, 1.165) is 53.8 Å². The van der Waals surface area contributed by atoms with E-state index in [4.69, 9.17) is 4.74 Å². The highest BCUT2D eigenvalue weighted by molar-refractivity contribution is 9.10. The molecule has 1 saturated carbocycles. The number of nitrogens with zero attached hydrogens (tertiary/aromatic N) is 2. The minimum Gasteiger partial charge on any atom is -0.506 e. The third-order valence-electron chi connectivity index (χ3n) is 7.01. The SMILES string of the molecule is CCOC(=O)c1c(C(SCC)c2ccccc2)n(C2CC2)c2cc(Br)c(O)c(CN3CCCC3)c12. The summed E-state index contributed by atoms with van der Waals surface area (Å²) in [6.07, 6.45) is 4.52. The van der Waals surface area contributed by atoms with E-state index in [0.29, 0.717) is 29.2 Å². The zero-order chi connectivity index (χ0) is 24.5. The van der Waals surface area contributed by atoms with Crippen LogP contribution in [0.5, 0.6) is 5.75 Å². The molecule has 5 nitrogen and oxygen atoms in total. The van der Waals surface area contributed by atoms with E-state index in [-0.39, 0.29) is 17.0 Å². The molecule has 1 unspecified atom stereocenters. The first-order valence-corrected chi connectivity index (χ1v) is 14.5. The van der Waals surface area contributed by atoms with E-state index >= 15 is 0 Å². The smallest absolute Gasteiger partial charge is 0.340 e. The molecule has 2 aliphatic rings. The predicted octanol–water partition coefficient (Wildman–Crippen LogP) is 7.06. The van der Waals surface area contributed by atoms with Gasteiger partial charge in [-0.25, -0.2) is 4.79 Å². The van der Waals surface area contributed by atoms with Gasteiger partial charge in [0.2, 0.25) is 0 Å². The fourth-order valence-electron chi connectivity index (χ4n) is 5.36. The number of halogens is 1. The summed E-state index contributed by atoms with van der Waals surface area (Å²) in [6.45, 7) is 6.98. The Morgan fingerprint density at radius 1 is 1.20 bits per heavy atom. The van der Waals surface area contributed by atoms with Gasteiger partial charge in [0.25, 0.3) is 0 Å². The van der Waals surface area contributed by atoms with Gasteiger partial charge in [0.1, 0.15) is 5.75 Å². The van der Waals surface area contributed by atoms with Crippen LogP contribution in [0.4, 0.5) is 0 Å². The third kappa shape index (κ3) is 4.75. The Balaban J connectivity index is 1.84. The number of likely N-dealkylation sites (tertiary alicyclic amines) is 1. The van der Waals surface area contributed by atoms with Gasteiger partial charge in [0.15, 0.2) is 0 Å². The molecule has 5 rings (SSSR count). The highest BCUT2D eigenvalue weighted by Crippen LogP contribution is 2.50. The summed E-state index contributed by atoms with van der Waals surface area (Å²) in [4.78, 5) is 16.1. The number of thioether (sulfide) groups is 1. The Bertz CT molecular complexity index is 1220. The van der Waals surface area contributed by atoms with Crippen molar-refractivity contribution < 1.29 is 14.6 Å². The van der Waals surface area contributed by atoms with Crippen molar-refractivity contribution in [2.45, 2.75) is 57.4 Å². The van der Waals surface area contributed by atoms with Gasteiger partial charge >= 0.3 is 5.97 Å². The molecule has 0 amide bonds. The zero-order valence-electron chi connectivity index (χ0n) is 20.4. The van der Waals surface area contributed by atoms with Crippen LogP contribution < -0.4 is 0 Å². The molecule has 2 fully saturated rings. The van der Waals surface area contributed by atoms with Gasteiger partial charge in [-0.3, -0.25) is 4.90 Å².